The van der Waals surface area contributed by atoms with Crippen LogP contribution >= 0.6 is 0 Å². The molecule has 1 saturated heterocycles. The molecular formula is C23H27FN4O. The van der Waals surface area contributed by atoms with Crippen LogP contribution in [0.3, 0.4) is 0 Å². The van der Waals surface area contributed by atoms with E-state index >= 15 is 0 Å². The highest BCUT2D eigenvalue weighted by Crippen LogP contribution is 2.27. The van der Waals surface area contributed by atoms with Crippen molar-refractivity contribution in [2.24, 2.45) is 4.99 Å². The van der Waals surface area contributed by atoms with Gasteiger partial charge in [0.2, 0.25) is 0 Å². The molecule has 4 rings (SSSR count). The third-order valence-corrected chi connectivity index (χ3v) is 5.87. The van der Waals surface area contributed by atoms with Gasteiger partial charge in [-0.05, 0) is 55.8 Å². The minimum atomic E-state index is -0.344. The van der Waals surface area contributed by atoms with Crippen molar-refractivity contribution in [3.63, 3.8) is 0 Å². The molecule has 2 N–H and O–H groups in total. The Morgan fingerprint density at radius 2 is 1.86 bits per heavy atom. The van der Waals surface area contributed by atoms with Crippen molar-refractivity contribution in [3.05, 3.63) is 53.8 Å². The number of halogens is 1. The lowest BCUT2D eigenvalue weighted by atomic mass is 10.1. The molecule has 0 spiro atoms. The van der Waals surface area contributed by atoms with Crippen LogP contribution in [0.1, 0.15) is 25.8 Å². The van der Waals surface area contributed by atoms with E-state index in [9.17, 15) is 9.50 Å². The maximum atomic E-state index is 13.6. The highest BCUT2D eigenvalue weighted by atomic mass is 19.1. The number of aromatic amines is 1. The molecule has 29 heavy (non-hydrogen) atoms. The largest absolute Gasteiger partial charge is 0.494 e. The summed E-state index contributed by atoms with van der Waals surface area (Å²) in [4.78, 5) is 12.3. The van der Waals surface area contributed by atoms with Gasteiger partial charge in [-0.1, -0.05) is 6.92 Å². The van der Waals surface area contributed by atoms with Gasteiger partial charge in [-0.2, -0.15) is 0 Å². The number of aliphatic imine (C=N–C) groups is 1. The number of rotatable bonds is 5. The second kappa shape index (κ2) is 8.25. The molecule has 0 aliphatic carbocycles. The number of nitrogens with zero attached hydrogens (tertiary/aromatic N) is 3. The molecule has 5 nitrogen and oxygen atoms in total. The molecule has 1 fully saturated rings. The fourth-order valence-corrected chi connectivity index (χ4v) is 3.87. The number of fused-ring (bicyclic) bond motifs is 1. The Hall–Kier alpha value is -2.86. The predicted molar refractivity (Wildman–Crippen MR) is 117 cm³/mol. The lowest BCUT2D eigenvalue weighted by molar-refractivity contribution is 0.193. The molecule has 152 valence electrons. The Morgan fingerprint density at radius 1 is 1.14 bits per heavy atom. The van der Waals surface area contributed by atoms with E-state index in [1.165, 1.54) is 24.2 Å². The standard InChI is InChI=1S/C23H27FN4O/c1-3-16(2)27-10-12-28(13-11-27)19-7-5-18(6-8-19)25-15-21-20-14-17(24)4-9-22(20)26-23(21)29/h4-9,14-16,26,29H,3,10-13H2,1-2H3. The number of hydrogen-bond acceptors (Lipinski definition) is 4. The minimum absolute atomic E-state index is 0.00912. The van der Waals surface area contributed by atoms with Gasteiger partial charge >= 0.3 is 0 Å². The van der Waals surface area contributed by atoms with Crippen LogP contribution in [0.25, 0.3) is 10.9 Å². The number of benzene rings is 2. The molecule has 0 bridgehead atoms. The number of anilines is 1. The quantitative estimate of drug-likeness (QED) is 0.618. The van der Waals surface area contributed by atoms with Gasteiger partial charge in [-0.15, -0.1) is 0 Å². The molecule has 0 amide bonds. The zero-order chi connectivity index (χ0) is 20.4. The van der Waals surface area contributed by atoms with Gasteiger partial charge in [0.15, 0.2) is 5.88 Å². The summed E-state index contributed by atoms with van der Waals surface area (Å²) in [6.07, 6.45) is 2.76. The Balaban J connectivity index is 1.45. The molecular weight excluding hydrogens is 367 g/mol. The van der Waals surface area contributed by atoms with E-state index in [0.29, 0.717) is 22.5 Å². The summed E-state index contributed by atoms with van der Waals surface area (Å²) >= 11 is 0. The van der Waals surface area contributed by atoms with Crippen LogP contribution in [0.4, 0.5) is 15.8 Å². The first-order valence-electron chi connectivity index (χ1n) is 10.2. The fraction of sp³-hybridized carbons (Fsp3) is 0.348. The summed E-state index contributed by atoms with van der Waals surface area (Å²) in [5.74, 6) is -0.353. The van der Waals surface area contributed by atoms with E-state index in [0.717, 1.165) is 31.9 Å². The van der Waals surface area contributed by atoms with Crippen molar-refractivity contribution < 1.29 is 9.50 Å². The Bertz CT molecular complexity index is 1000. The Labute approximate surface area is 170 Å². The highest BCUT2D eigenvalue weighted by Gasteiger charge is 2.20. The third kappa shape index (κ3) is 4.12. The van der Waals surface area contributed by atoms with E-state index in [2.05, 4.69) is 45.8 Å². The SMILES string of the molecule is CCC(C)N1CCN(c2ccc(N=Cc3c(O)[nH]c4ccc(F)cc34)cc2)CC1. The smallest absolute Gasteiger partial charge is 0.198 e. The number of H-pyrrole nitrogens is 1. The van der Waals surface area contributed by atoms with Crippen LogP contribution in [0, 0.1) is 5.82 Å². The minimum Gasteiger partial charge on any atom is -0.494 e. The van der Waals surface area contributed by atoms with Gasteiger partial charge in [-0.3, -0.25) is 9.89 Å². The molecule has 0 radical (unpaired) electrons. The van der Waals surface area contributed by atoms with Gasteiger partial charge in [0.1, 0.15) is 5.82 Å². The average molecular weight is 394 g/mol. The number of piperazine rings is 1. The monoisotopic (exact) mass is 394 g/mol. The normalized spacial score (nSPS) is 16.7. The molecule has 1 atom stereocenters. The third-order valence-electron chi connectivity index (χ3n) is 5.87. The lowest BCUT2D eigenvalue weighted by Gasteiger charge is -2.39. The molecule has 2 heterocycles. The van der Waals surface area contributed by atoms with E-state index in [4.69, 9.17) is 0 Å². The maximum Gasteiger partial charge on any atom is 0.198 e. The first kappa shape index (κ1) is 19.5. The summed E-state index contributed by atoms with van der Waals surface area (Å²) in [5.41, 5.74) is 3.16. The van der Waals surface area contributed by atoms with Crippen molar-refractivity contribution in [2.75, 3.05) is 31.1 Å². The topological polar surface area (TPSA) is 54.9 Å². The molecule has 1 aliphatic heterocycles. The molecule has 1 unspecified atom stereocenters. The van der Waals surface area contributed by atoms with Crippen molar-refractivity contribution in [2.45, 2.75) is 26.3 Å². The van der Waals surface area contributed by atoms with Crippen LogP contribution in [0.5, 0.6) is 5.88 Å². The second-order valence-electron chi connectivity index (χ2n) is 7.63. The van der Waals surface area contributed by atoms with Crippen molar-refractivity contribution in [1.29, 1.82) is 0 Å². The number of aromatic hydroxyl groups is 1. The van der Waals surface area contributed by atoms with E-state index in [-0.39, 0.29) is 11.7 Å². The predicted octanol–water partition coefficient (Wildman–Crippen LogP) is 4.68. The molecule has 6 heteroatoms. The number of hydrogen-bond donors (Lipinski definition) is 2. The Kier molecular flexibility index (Phi) is 5.53. The van der Waals surface area contributed by atoms with Gasteiger partial charge in [-0.25, -0.2) is 4.39 Å². The van der Waals surface area contributed by atoms with E-state index < -0.39 is 0 Å². The summed E-state index contributed by atoms with van der Waals surface area (Å²) in [5, 5.41) is 10.7. The molecule has 1 aromatic heterocycles. The van der Waals surface area contributed by atoms with Crippen molar-refractivity contribution >= 4 is 28.5 Å². The van der Waals surface area contributed by atoms with Crippen LogP contribution in [0.15, 0.2) is 47.5 Å². The molecule has 0 saturated carbocycles. The molecule has 3 aromatic rings. The maximum absolute atomic E-state index is 13.6. The van der Waals surface area contributed by atoms with Crippen molar-refractivity contribution in [1.82, 2.24) is 9.88 Å². The first-order valence-corrected chi connectivity index (χ1v) is 10.2. The number of aromatic nitrogens is 1. The summed E-state index contributed by atoms with van der Waals surface area (Å²) in [6, 6.07) is 13.1. The summed E-state index contributed by atoms with van der Waals surface area (Å²) in [7, 11) is 0. The molecule has 1 aliphatic rings. The van der Waals surface area contributed by atoms with Crippen molar-refractivity contribution in [3.8, 4) is 5.88 Å². The van der Waals surface area contributed by atoms with Gasteiger partial charge in [0.25, 0.3) is 0 Å². The van der Waals surface area contributed by atoms with E-state index in [1.54, 1.807) is 12.3 Å². The summed E-state index contributed by atoms with van der Waals surface area (Å²) < 4.78 is 13.6. The van der Waals surface area contributed by atoms with Gasteiger partial charge in [0.05, 0.1) is 11.3 Å². The molecule has 2 aromatic carbocycles. The fourth-order valence-electron chi connectivity index (χ4n) is 3.87. The van der Waals surface area contributed by atoms with Crippen LogP contribution < -0.4 is 4.90 Å². The first-order chi connectivity index (χ1) is 14.0. The van der Waals surface area contributed by atoms with Gasteiger partial charge in [0, 0.05) is 55.0 Å². The average Bonchev–Trinajstić information content (AvgIpc) is 3.06. The zero-order valence-electron chi connectivity index (χ0n) is 16.9. The summed E-state index contributed by atoms with van der Waals surface area (Å²) in [6.45, 7) is 8.77. The highest BCUT2D eigenvalue weighted by molar-refractivity contribution is 6.02. The Morgan fingerprint density at radius 3 is 2.55 bits per heavy atom. The number of nitrogens with one attached hydrogen (secondary N) is 1. The second-order valence-corrected chi connectivity index (χ2v) is 7.63. The lowest BCUT2D eigenvalue weighted by Crippen LogP contribution is -2.49. The van der Waals surface area contributed by atoms with Crippen LogP contribution in [-0.2, 0) is 0 Å². The van der Waals surface area contributed by atoms with E-state index in [1.807, 2.05) is 12.1 Å². The van der Waals surface area contributed by atoms with Crippen LogP contribution in [-0.4, -0.2) is 53.4 Å². The van der Waals surface area contributed by atoms with Crippen LogP contribution in [0.2, 0.25) is 0 Å². The zero-order valence-corrected chi connectivity index (χ0v) is 16.9. The van der Waals surface area contributed by atoms with Gasteiger partial charge < -0.3 is 15.0 Å².